The number of carboxylic acids is 1. The fraction of sp³-hybridized carbons (Fsp3) is 0.188. The molecule has 24 heavy (non-hydrogen) atoms. The van der Waals surface area contributed by atoms with E-state index in [0.717, 1.165) is 23.1 Å². The monoisotopic (exact) mass is 345 g/mol. The van der Waals surface area contributed by atoms with Gasteiger partial charge in [-0.25, -0.2) is 0 Å². The second-order valence-electron chi connectivity index (χ2n) is 4.85. The molecule has 1 aromatic carbocycles. The Labute approximate surface area is 142 Å². The number of aromatic nitrogens is 3. The Morgan fingerprint density at radius 3 is 2.83 bits per heavy atom. The summed E-state index contributed by atoms with van der Waals surface area (Å²) in [4.78, 5) is 10.9. The number of para-hydroxylation sites is 1. The van der Waals surface area contributed by atoms with Gasteiger partial charge in [0, 0.05) is 0 Å². The number of hydrogen-bond acceptors (Lipinski definition) is 6. The molecule has 0 fully saturated rings. The van der Waals surface area contributed by atoms with Gasteiger partial charge in [0.2, 0.25) is 0 Å². The van der Waals surface area contributed by atoms with E-state index in [0.29, 0.717) is 23.3 Å². The van der Waals surface area contributed by atoms with Crippen molar-refractivity contribution in [1.29, 1.82) is 0 Å². The van der Waals surface area contributed by atoms with Crippen molar-refractivity contribution in [3.05, 3.63) is 48.4 Å². The van der Waals surface area contributed by atoms with Gasteiger partial charge < -0.3 is 14.3 Å². The molecule has 0 saturated carbocycles. The van der Waals surface area contributed by atoms with E-state index in [1.54, 1.807) is 19.4 Å². The van der Waals surface area contributed by atoms with Crippen molar-refractivity contribution in [2.24, 2.45) is 0 Å². The Balaban J connectivity index is 2.03. The first-order chi connectivity index (χ1) is 11.7. The normalized spacial score (nSPS) is 10.7. The first-order valence-corrected chi connectivity index (χ1v) is 8.11. The zero-order valence-corrected chi connectivity index (χ0v) is 13.7. The summed E-state index contributed by atoms with van der Waals surface area (Å²) in [6.45, 7) is 0.398. The summed E-state index contributed by atoms with van der Waals surface area (Å²) in [5, 5.41) is 17.8. The minimum atomic E-state index is -0.911. The molecule has 0 unspecified atom stereocenters. The lowest BCUT2D eigenvalue weighted by atomic mass is 10.2. The molecule has 2 aromatic heterocycles. The lowest BCUT2D eigenvalue weighted by Crippen LogP contribution is -2.06. The van der Waals surface area contributed by atoms with Crippen molar-refractivity contribution in [1.82, 2.24) is 14.8 Å². The predicted molar refractivity (Wildman–Crippen MR) is 88.2 cm³/mol. The Morgan fingerprint density at radius 1 is 1.29 bits per heavy atom. The SMILES string of the molecule is COc1ccccc1-c1nnc(SCC(=O)O)n1Cc1ccco1. The summed E-state index contributed by atoms with van der Waals surface area (Å²) in [7, 11) is 1.59. The van der Waals surface area contributed by atoms with Crippen molar-refractivity contribution in [3.8, 4) is 17.1 Å². The van der Waals surface area contributed by atoms with Crippen LogP contribution >= 0.6 is 11.8 Å². The first-order valence-electron chi connectivity index (χ1n) is 7.12. The van der Waals surface area contributed by atoms with Gasteiger partial charge >= 0.3 is 5.97 Å². The molecular formula is C16H15N3O4S. The fourth-order valence-corrected chi connectivity index (χ4v) is 2.91. The Kier molecular flexibility index (Phi) is 4.85. The molecule has 0 aliphatic carbocycles. The minimum absolute atomic E-state index is 0.0950. The molecule has 8 heteroatoms. The number of nitrogens with zero attached hydrogens (tertiary/aromatic N) is 3. The lowest BCUT2D eigenvalue weighted by molar-refractivity contribution is -0.133. The van der Waals surface area contributed by atoms with Gasteiger partial charge in [-0.2, -0.15) is 0 Å². The molecule has 2 heterocycles. The third-order valence-electron chi connectivity index (χ3n) is 3.28. The van der Waals surface area contributed by atoms with E-state index >= 15 is 0 Å². The van der Waals surface area contributed by atoms with Crippen LogP contribution in [-0.2, 0) is 11.3 Å². The molecule has 0 aliphatic heterocycles. The smallest absolute Gasteiger partial charge is 0.313 e. The fourth-order valence-electron chi connectivity index (χ4n) is 2.25. The van der Waals surface area contributed by atoms with Crippen LogP contribution < -0.4 is 4.74 Å². The maximum Gasteiger partial charge on any atom is 0.313 e. The van der Waals surface area contributed by atoms with E-state index < -0.39 is 5.97 Å². The topological polar surface area (TPSA) is 90.4 Å². The van der Waals surface area contributed by atoms with Crippen molar-refractivity contribution in [2.75, 3.05) is 12.9 Å². The van der Waals surface area contributed by atoms with E-state index in [9.17, 15) is 4.79 Å². The lowest BCUT2D eigenvalue weighted by Gasteiger charge is -2.11. The number of methoxy groups -OCH3 is 1. The van der Waals surface area contributed by atoms with Crippen molar-refractivity contribution in [2.45, 2.75) is 11.7 Å². The Bertz CT molecular complexity index is 830. The third kappa shape index (κ3) is 3.43. The number of aliphatic carboxylic acids is 1. The highest BCUT2D eigenvalue weighted by molar-refractivity contribution is 7.99. The van der Waals surface area contributed by atoms with E-state index in [4.69, 9.17) is 14.3 Å². The summed E-state index contributed by atoms with van der Waals surface area (Å²) in [5.74, 6) is 0.981. The highest BCUT2D eigenvalue weighted by Gasteiger charge is 2.19. The third-order valence-corrected chi connectivity index (χ3v) is 4.24. The van der Waals surface area contributed by atoms with Crippen molar-refractivity contribution in [3.63, 3.8) is 0 Å². The number of carboxylic acid groups (broad SMARTS) is 1. The number of benzene rings is 1. The van der Waals surface area contributed by atoms with Crippen molar-refractivity contribution >= 4 is 17.7 Å². The van der Waals surface area contributed by atoms with Gasteiger partial charge in [0.15, 0.2) is 11.0 Å². The van der Waals surface area contributed by atoms with E-state index in [-0.39, 0.29) is 5.75 Å². The van der Waals surface area contributed by atoms with Crippen LogP contribution in [-0.4, -0.2) is 38.7 Å². The summed E-state index contributed by atoms with van der Waals surface area (Å²) >= 11 is 1.11. The van der Waals surface area contributed by atoms with Gasteiger partial charge in [0.1, 0.15) is 11.5 Å². The van der Waals surface area contributed by atoms with Gasteiger partial charge in [0.25, 0.3) is 0 Å². The van der Waals surface area contributed by atoms with Crippen LogP contribution in [0.1, 0.15) is 5.76 Å². The van der Waals surface area contributed by atoms with E-state index in [1.165, 1.54) is 0 Å². The van der Waals surface area contributed by atoms with Crippen LogP contribution in [0.5, 0.6) is 5.75 Å². The molecule has 3 aromatic rings. The molecule has 0 atom stereocenters. The van der Waals surface area contributed by atoms with Gasteiger partial charge in [-0.15, -0.1) is 10.2 Å². The molecule has 3 rings (SSSR count). The average molecular weight is 345 g/mol. The summed E-state index contributed by atoms with van der Waals surface area (Å²) in [6.07, 6.45) is 1.59. The molecule has 0 saturated heterocycles. The Morgan fingerprint density at radius 2 is 2.12 bits per heavy atom. The molecule has 0 bridgehead atoms. The molecule has 0 radical (unpaired) electrons. The maximum absolute atomic E-state index is 10.9. The number of ether oxygens (including phenoxy) is 1. The van der Waals surface area contributed by atoms with Gasteiger partial charge in [-0.05, 0) is 24.3 Å². The number of thioether (sulfide) groups is 1. The summed E-state index contributed by atoms with van der Waals surface area (Å²) < 4.78 is 12.6. The number of furan rings is 1. The van der Waals surface area contributed by atoms with Crippen LogP contribution in [0.2, 0.25) is 0 Å². The summed E-state index contributed by atoms with van der Waals surface area (Å²) in [5.41, 5.74) is 0.779. The van der Waals surface area contributed by atoms with Crippen LogP contribution in [0.25, 0.3) is 11.4 Å². The maximum atomic E-state index is 10.9. The molecular weight excluding hydrogens is 330 g/mol. The highest BCUT2D eigenvalue weighted by Crippen LogP contribution is 2.31. The van der Waals surface area contributed by atoms with Crippen LogP contribution in [0.15, 0.2) is 52.2 Å². The van der Waals surface area contributed by atoms with E-state index in [1.807, 2.05) is 34.9 Å². The standard InChI is InChI=1S/C16H15N3O4S/c1-22-13-7-3-2-6-12(13)15-17-18-16(24-10-14(20)21)19(15)9-11-5-4-8-23-11/h2-8H,9-10H2,1H3,(H,20,21). The molecule has 7 nitrogen and oxygen atoms in total. The molecule has 0 amide bonds. The average Bonchev–Trinajstić information content (AvgIpc) is 3.23. The second-order valence-corrected chi connectivity index (χ2v) is 5.80. The number of carbonyl (C=O) groups is 1. The van der Waals surface area contributed by atoms with Gasteiger partial charge in [-0.3, -0.25) is 9.36 Å². The summed E-state index contributed by atoms with van der Waals surface area (Å²) in [6, 6.07) is 11.1. The molecule has 124 valence electrons. The zero-order valence-electron chi connectivity index (χ0n) is 12.9. The van der Waals surface area contributed by atoms with Crippen molar-refractivity contribution < 1.29 is 19.1 Å². The van der Waals surface area contributed by atoms with Gasteiger partial charge in [-0.1, -0.05) is 23.9 Å². The second kappa shape index (κ2) is 7.22. The molecule has 1 N–H and O–H groups in total. The zero-order chi connectivity index (χ0) is 16.9. The molecule has 0 spiro atoms. The quantitative estimate of drug-likeness (QED) is 0.658. The minimum Gasteiger partial charge on any atom is -0.496 e. The van der Waals surface area contributed by atoms with E-state index in [2.05, 4.69) is 10.2 Å². The highest BCUT2D eigenvalue weighted by atomic mass is 32.2. The van der Waals surface area contributed by atoms with Crippen LogP contribution in [0, 0.1) is 0 Å². The van der Waals surface area contributed by atoms with Gasteiger partial charge in [0.05, 0.1) is 31.2 Å². The van der Waals surface area contributed by atoms with Crippen LogP contribution in [0.4, 0.5) is 0 Å². The molecule has 0 aliphatic rings. The Hall–Kier alpha value is -2.74. The predicted octanol–water partition coefficient (Wildman–Crippen LogP) is 2.77. The number of hydrogen-bond donors (Lipinski definition) is 1. The largest absolute Gasteiger partial charge is 0.496 e. The number of rotatable bonds is 7. The first kappa shape index (κ1) is 16.1. The van der Waals surface area contributed by atoms with Crippen LogP contribution in [0.3, 0.4) is 0 Å².